The molecule has 5 nitrogen and oxygen atoms in total. The van der Waals surface area contributed by atoms with Gasteiger partial charge in [0.25, 0.3) is 0 Å². The molecule has 1 aromatic carbocycles. The highest BCUT2D eigenvalue weighted by atomic mass is 16.5. The van der Waals surface area contributed by atoms with E-state index >= 15 is 0 Å². The Labute approximate surface area is 117 Å². The highest BCUT2D eigenvalue weighted by Gasteiger charge is 2.21. The quantitative estimate of drug-likeness (QED) is 0.852. The second-order valence-corrected chi connectivity index (χ2v) is 4.63. The maximum atomic E-state index is 9.20. The first-order chi connectivity index (χ1) is 9.86. The third-order valence-corrected chi connectivity index (χ3v) is 3.26. The van der Waals surface area contributed by atoms with Crippen molar-refractivity contribution in [2.45, 2.75) is 6.42 Å². The number of ether oxygens (including phenoxy) is 1. The number of morpholine rings is 1. The van der Waals surface area contributed by atoms with Crippen molar-refractivity contribution in [1.29, 1.82) is 5.26 Å². The molecular weight excluding hydrogens is 254 g/mol. The van der Waals surface area contributed by atoms with E-state index in [1.54, 1.807) is 0 Å². The molecule has 0 N–H and O–H groups in total. The Hall–Kier alpha value is -2.32. The van der Waals surface area contributed by atoms with Gasteiger partial charge in [0.2, 0.25) is 17.5 Å². The summed E-state index contributed by atoms with van der Waals surface area (Å²) in [5.74, 6) is 1.15. The Morgan fingerprint density at radius 3 is 2.65 bits per heavy atom. The van der Waals surface area contributed by atoms with Gasteiger partial charge in [0.1, 0.15) is 6.07 Å². The van der Waals surface area contributed by atoms with Crippen LogP contribution in [0.5, 0.6) is 0 Å². The van der Waals surface area contributed by atoms with Crippen LogP contribution in [0.1, 0.15) is 17.1 Å². The number of hydrogen-bond donors (Lipinski definition) is 0. The van der Waals surface area contributed by atoms with Crippen LogP contribution in [-0.2, 0) is 11.2 Å². The van der Waals surface area contributed by atoms with E-state index < -0.39 is 0 Å². The van der Waals surface area contributed by atoms with Gasteiger partial charge in [-0.2, -0.15) is 5.26 Å². The predicted molar refractivity (Wildman–Crippen MR) is 73.5 cm³/mol. The van der Waals surface area contributed by atoms with Crippen molar-refractivity contribution >= 4 is 5.88 Å². The molecule has 1 aliphatic rings. The van der Waals surface area contributed by atoms with Gasteiger partial charge >= 0.3 is 0 Å². The van der Waals surface area contributed by atoms with Crippen LogP contribution in [0, 0.1) is 11.3 Å². The summed E-state index contributed by atoms with van der Waals surface area (Å²) >= 11 is 0. The molecular formula is C15H15N3O2. The average Bonchev–Trinajstić information content (AvgIpc) is 2.92. The molecule has 2 aromatic rings. The molecule has 20 heavy (non-hydrogen) atoms. The van der Waals surface area contributed by atoms with Crippen molar-refractivity contribution in [3.05, 3.63) is 47.5 Å². The van der Waals surface area contributed by atoms with Crippen molar-refractivity contribution in [3.63, 3.8) is 0 Å². The summed E-state index contributed by atoms with van der Waals surface area (Å²) in [4.78, 5) is 6.31. The highest BCUT2D eigenvalue weighted by Crippen LogP contribution is 2.23. The normalized spacial score (nSPS) is 15.1. The molecule has 2 heterocycles. The number of oxazole rings is 1. The second kappa shape index (κ2) is 5.76. The fourth-order valence-corrected chi connectivity index (χ4v) is 2.25. The number of nitrogens with zero attached hydrogens (tertiary/aromatic N) is 3. The van der Waals surface area contributed by atoms with Gasteiger partial charge in [0.15, 0.2) is 0 Å². The van der Waals surface area contributed by atoms with Gasteiger partial charge < -0.3 is 14.1 Å². The Balaban J connectivity index is 1.83. The molecule has 1 fully saturated rings. The Morgan fingerprint density at radius 2 is 1.95 bits per heavy atom. The Bertz CT molecular complexity index is 610. The lowest BCUT2D eigenvalue weighted by atomic mass is 10.1. The SMILES string of the molecule is N#Cc1nc(Cc2ccccc2)oc1N1CCOCC1. The molecule has 102 valence electrons. The fourth-order valence-electron chi connectivity index (χ4n) is 2.25. The molecule has 0 saturated carbocycles. The topological polar surface area (TPSA) is 62.3 Å². The first-order valence-electron chi connectivity index (χ1n) is 6.63. The lowest BCUT2D eigenvalue weighted by Crippen LogP contribution is -2.36. The van der Waals surface area contributed by atoms with Crippen molar-refractivity contribution in [2.24, 2.45) is 0 Å². The van der Waals surface area contributed by atoms with Crippen LogP contribution in [0.4, 0.5) is 5.88 Å². The minimum atomic E-state index is 0.359. The van der Waals surface area contributed by atoms with Crippen LogP contribution in [0.15, 0.2) is 34.7 Å². The van der Waals surface area contributed by atoms with E-state index in [-0.39, 0.29) is 0 Å². The highest BCUT2D eigenvalue weighted by molar-refractivity contribution is 5.48. The van der Waals surface area contributed by atoms with Crippen LogP contribution in [0.25, 0.3) is 0 Å². The monoisotopic (exact) mass is 269 g/mol. The lowest BCUT2D eigenvalue weighted by molar-refractivity contribution is 0.120. The van der Waals surface area contributed by atoms with E-state index in [1.807, 2.05) is 35.2 Å². The van der Waals surface area contributed by atoms with E-state index in [1.165, 1.54) is 0 Å². The van der Waals surface area contributed by atoms with Gasteiger partial charge in [0.05, 0.1) is 13.2 Å². The molecule has 0 aliphatic carbocycles. The number of aromatic nitrogens is 1. The Morgan fingerprint density at radius 1 is 1.20 bits per heavy atom. The van der Waals surface area contributed by atoms with E-state index in [2.05, 4.69) is 11.1 Å². The van der Waals surface area contributed by atoms with Crippen molar-refractivity contribution in [1.82, 2.24) is 4.98 Å². The molecule has 0 spiro atoms. The molecule has 0 amide bonds. The summed E-state index contributed by atoms with van der Waals surface area (Å²) < 4.78 is 11.1. The molecule has 0 atom stereocenters. The number of hydrogen-bond acceptors (Lipinski definition) is 5. The largest absolute Gasteiger partial charge is 0.423 e. The molecule has 0 bridgehead atoms. The summed E-state index contributed by atoms with van der Waals surface area (Å²) in [6, 6.07) is 12.1. The standard InChI is InChI=1S/C15H15N3O2/c16-11-13-15(18-6-8-19-9-7-18)20-14(17-13)10-12-4-2-1-3-5-12/h1-5H,6-10H2. The molecule has 1 saturated heterocycles. The molecule has 0 unspecified atom stereocenters. The molecule has 3 rings (SSSR count). The molecule has 0 radical (unpaired) electrons. The van der Waals surface area contributed by atoms with Crippen LogP contribution >= 0.6 is 0 Å². The zero-order valence-electron chi connectivity index (χ0n) is 11.1. The third kappa shape index (κ3) is 2.65. The summed E-state index contributed by atoms with van der Waals surface area (Å²) in [6.45, 7) is 2.77. The van der Waals surface area contributed by atoms with Gasteiger partial charge in [-0.3, -0.25) is 0 Å². The molecule has 1 aliphatic heterocycles. The number of anilines is 1. The zero-order chi connectivity index (χ0) is 13.8. The van der Waals surface area contributed by atoms with Gasteiger partial charge in [-0.1, -0.05) is 30.3 Å². The lowest BCUT2D eigenvalue weighted by Gasteiger charge is -2.25. The first kappa shape index (κ1) is 12.7. The van der Waals surface area contributed by atoms with E-state index in [4.69, 9.17) is 9.15 Å². The molecule has 1 aromatic heterocycles. The van der Waals surface area contributed by atoms with Crippen LogP contribution < -0.4 is 4.90 Å². The third-order valence-electron chi connectivity index (χ3n) is 3.26. The summed E-state index contributed by atoms with van der Waals surface area (Å²) in [6.07, 6.45) is 0.597. The average molecular weight is 269 g/mol. The van der Waals surface area contributed by atoms with Crippen molar-refractivity contribution in [3.8, 4) is 6.07 Å². The number of nitriles is 1. The van der Waals surface area contributed by atoms with Crippen LogP contribution in [-0.4, -0.2) is 31.3 Å². The van der Waals surface area contributed by atoms with Gasteiger partial charge in [-0.25, -0.2) is 4.98 Å². The van der Waals surface area contributed by atoms with Crippen LogP contribution in [0.2, 0.25) is 0 Å². The Kier molecular flexibility index (Phi) is 3.66. The van der Waals surface area contributed by atoms with Crippen molar-refractivity contribution < 1.29 is 9.15 Å². The minimum Gasteiger partial charge on any atom is -0.423 e. The summed E-state index contributed by atoms with van der Waals surface area (Å²) in [5, 5.41) is 9.20. The van der Waals surface area contributed by atoms with Crippen LogP contribution in [0.3, 0.4) is 0 Å². The van der Waals surface area contributed by atoms with Gasteiger partial charge in [-0.15, -0.1) is 0 Å². The predicted octanol–water partition coefficient (Wildman–Crippen LogP) is 1.97. The maximum absolute atomic E-state index is 9.20. The molecule has 5 heteroatoms. The van der Waals surface area contributed by atoms with Gasteiger partial charge in [0, 0.05) is 19.5 Å². The summed E-state index contributed by atoms with van der Waals surface area (Å²) in [7, 11) is 0. The zero-order valence-corrected chi connectivity index (χ0v) is 11.1. The smallest absolute Gasteiger partial charge is 0.234 e. The maximum Gasteiger partial charge on any atom is 0.234 e. The first-order valence-corrected chi connectivity index (χ1v) is 6.63. The summed E-state index contributed by atoms with van der Waals surface area (Å²) in [5.41, 5.74) is 1.48. The van der Waals surface area contributed by atoms with Gasteiger partial charge in [-0.05, 0) is 5.56 Å². The number of benzene rings is 1. The van der Waals surface area contributed by atoms with E-state index in [0.29, 0.717) is 37.1 Å². The van der Waals surface area contributed by atoms with E-state index in [0.717, 1.165) is 18.7 Å². The fraction of sp³-hybridized carbons (Fsp3) is 0.333. The minimum absolute atomic E-state index is 0.359. The number of rotatable bonds is 3. The van der Waals surface area contributed by atoms with E-state index in [9.17, 15) is 5.26 Å². The van der Waals surface area contributed by atoms with Crippen molar-refractivity contribution in [2.75, 3.05) is 31.2 Å². The second-order valence-electron chi connectivity index (χ2n) is 4.63.